The van der Waals surface area contributed by atoms with Crippen LogP contribution in [-0.4, -0.2) is 28.9 Å². The van der Waals surface area contributed by atoms with Crippen molar-refractivity contribution in [2.24, 2.45) is 5.73 Å². The smallest absolute Gasteiger partial charge is 0.264 e. The van der Waals surface area contributed by atoms with E-state index in [1.807, 2.05) is 53.6 Å². The van der Waals surface area contributed by atoms with Gasteiger partial charge in [-0.25, -0.2) is 0 Å². The average Bonchev–Trinajstić information content (AvgIpc) is 3.11. The summed E-state index contributed by atoms with van der Waals surface area (Å²) in [6, 6.07) is 13.9. The van der Waals surface area contributed by atoms with Gasteiger partial charge in [-0.05, 0) is 34.6 Å². The van der Waals surface area contributed by atoms with Crippen LogP contribution < -0.4 is 5.73 Å². The van der Waals surface area contributed by atoms with Gasteiger partial charge in [0.1, 0.15) is 0 Å². The fourth-order valence-corrected chi connectivity index (χ4v) is 4.54. The first-order valence-corrected chi connectivity index (χ1v) is 9.24. The van der Waals surface area contributed by atoms with Crippen LogP contribution in [0.5, 0.6) is 0 Å². The van der Waals surface area contributed by atoms with Crippen molar-refractivity contribution in [3.05, 3.63) is 76.2 Å². The molecule has 0 saturated carbocycles. The number of amides is 1. The second-order valence-corrected chi connectivity index (χ2v) is 6.99. The van der Waals surface area contributed by atoms with Crippen LogP contribution in [0, 0.1) is 0 Å². The summed E-state index contributed by atoms with van der Waals surface area (Å²) in [5.74, 6) is 0.0840. The van der Waals surface area contributed by atoms with Gasteiger partial charge in [-0.2, -0.15) is 0 Å². The molecule has 126 valence electrons. The third-order valence-corrected chi connectivity index (χ3v) is 5.72. The van der Waals surface area contributed by atoms with E-state index in [1.165, 1.54) is 11.3 Å². The Hall–Kier alpha value is -2.50. The minimum absolute atomic E-state index is 0.0780. The number of benzene rings is 1. The summed E-state index contributed by atoms with van der Waals surface area (Å²) < 4.78 is 0. The van der Waals surface area contributed by atoms with Crippen molar-refractivity contribution < 1.29 is 4.79 Å². The molecule has 0 radical (unpaired) electrons. The maximum atomic E-state index is 13.1. The number of rotatable bonds is 4. The molecule has 2 aromatic heterocycles. The predicted molar refractivity (Wildman–Crippen MR) is 101 cm³/mol. The third-order valence-electron chi connectivity index (χ3n) is 4.71. The Morgan fingerprint density at radius 3 is 2.76 bits per heavy atom. The monoisotopic (exact) mass is 349 g/mol. The molecule has 5 heteroatoms. The SMILES string of the molecule is NC[C@@H](c1ccccc1)N1CCc2c(-c3cccnc3)csc2C1=O. The molecule has 0 unspecified atom stereocenters. The highest BCUT2D eigenvalue weighted by Gasteiger charge is 2.32. The third kappa shape index (κ3) is 2.86. The number of nitrogens with two attached hydrogens (primary N) is 1. The Morgan fingerprint density at radius 2 is 2.04 bits per heavy atom. The zero-order chi connectivity index (χ0) is 17.2. The second kappa shape index (κ2) is 6.78. The van der Waals surface area contributed by atoms with Gasteiger partial charge in [-0.3, -0.25) is 9.78 Å². The van der Waals surface area contributed by atoms with Crippen LogP contribution in [0.1, 0.15) is 26.8 Å². The van der Waals surface area contributed by atoms with Crippen molar-refractivity contribution >= 4 is 17.2 Å². The molecule has 4 rings (SSSR count). The number of hydrogen-bond donors (Lipinski definition) is 1. The fraction of sp³-hybridized carbons (Fsp3) is 0.200. The van der Waals surface area contributed by atoms with Gasteiger partial charge in [0.25, 0.3) is 5.91 Å². The Bertz CT molecular complexity index is 876. The lowest BCUT2D eigenvalue weighted by Crippen LogP contribution is -2.42. The number of carbonyl (C=O) groups excluding carboxylic acids is 1. The summed E-state index contributed by atoms with van der Waals surface area (Å²) in [7, 11) is 0. The molecule has 0 spiro atoms. The van der Waals surface area contributed by atoms with Crippen molar-refractivity contribution in [3.8, 4) is 11.1 Å². The predicted octanol–water partition coefficient (Wildman–Crippen LogP) is 3.51. The first-order valence-electron chi connectivity index (χ1n) is 8.36. The number of hydrogen-bond acceptors (Lipinski definition) is 4. The Balaban J connectivity index is 1.67. The van der Waals surface area contributed by atoms with E-state index in [2.05, 4.69) is 10.4 Å². The number of fused-ring (bicyclic) bond motifs is 1. The van der Waals surface area contributed by atoms with Gasteiger partial charge >= 0.3 is 0 Å². The average molecular weight is 349 g/mol. The fourth-order valence-electron chi connectivity index (χ4n) is 3.45. The molecule has 2 N–H and O–H groups in total. The minimum Gasteiger partial charge on any atom is -0.329 e. The lowest BCUT2D eigenvalue weighted by atomic mass is 9.96. The first kappa shape index (κ1) is 16.0. The summed E-state index contributed by atoms with van der Waals surface area (Å²) in [5.41, 5.74) is 10.4. The van der Waals surface area contributed by atoms with Crippen LogP contribution in [0.3, 0.4) is 0 Å². The molecule has 0 saturated heterocycles. The summed E-state index contributed by atoms with van der Waals surface area (Å²) in [4.78, 5) is 20.0. The Labute approximate surface area is 150 Å². The number of pyridine rings is 1. The molecule has 25 heavy (non-hydrogen) atoms. The highest BCUT2D eigenvalue weighted by atomic mass is 32.1. The van der Waals surface area contributed by atoms with Gasteiger partial charge in [-0.1, -0.05) is 36.4 Å². The van der Waals surface area contributed by atoms with Gasteiger partial charge in [0.05, 0.1) is 10.9 Å². The van der Waals surface area contributed by atoms with Crippen molar-refractivity contribution in [2.45, 2.75) is 12.5 Å². The van der Waals surface area contributed by atoms with Crippen LogP contribution in [0.25, 0.3) is 11.1 Å². The zero-order valence-electron chi connectivity index (χ0n) is 13.8. The molecule has 1 aliphatic heterocycles. The van der Waals surface area contributed by atoms with E-state index in [1.54, 1.807) is 6.20 Å². The number of thiophene rings is 1. The summed E-state index contributed by atoms with van der Waals surface area (Å²) in [6.07, 6.45) is 4.46. The minimum atomic E-state index is -0.0780. The van der Waals surface area contributed by atoms with E-state index in [9.17, 15) is 4.79 Å². The Kier molecular flexibility index (Phi) is 4.34. The first-order chi connectivity index (χ1) is 12.3. The highest BCUT2D eigenvalue weighted by molar-refractivity contribution is 7.12. The van der Waals surface area contributed by atoms with Crippen LogP contribution in [-0.2, 0) is 6.42 Å². The highest BCUT2D eigenvalue weighted by Crippen LogP contribution is 2.37. The summed E-state index contributed by atoms with van der Waals surface area (Å²) >= 11 is 1.52. The van der Waals surface area contributed by atoms with Crippen molar-refractivity contribution in [1.29, 1.82) is 0 Å². The molecular formula is C20H19N3OS. The summed E-state index contributed by atoms with van der Waals surface area (Å²) in [6.45, 7) is 1.11. The zero-order valence-corrected chi connectivity index (χ0v) is 14.6. The number of carbonyl (C=O) groups is 1. The molecular weight excluding hydrogens is 330 g/mol. The van der Waals surface area contributed by atoms with E-state index in [-0.39, 0.29) is 11.9 Å². The van der Waals surface area contributed by atoms with Gasteiger partial charge in [-0.15, -0.1) is 11.3 Å². The quantitative estimate of drug-likeness (QED) is 0.784. The molecule has 1 amide bonds. The molecule has 4 nitrogen and oxygen atoms in total. The van der Waals surface area contributed by atoms with E-state index in [4.69, 9.17) is 5.73 Å². The van der Waals surface area contributed by atoms with Gasteiger partial charge in [0, 0.05) is 31.0 Å². The van der Waals surface area contributed by atoms with Crippen molar-refractivity contribution in [3.63, 3.8) is 0 Å². The molecule has 1 aliphatic rings. The second-order valence-electron chi connectivity index (χ2n) is 6.11. The lowest BCUT2D eigenvalue weighted by Gasteiger charge is -2.34. The van der Waals surface area contributed by atoms with Crippen LogP contribution in [0.2, 0.25) is 0 Å². The molecule has 3 aromatic rings. The van der Waals surface area contributed by atoms with E-state index in [0.29, 0.717) is 13.1 Å². The topological polar surface area (TPSA) is 59.2 Å². The van der Waals surface area contributed by atoms with Gasteiger partial charge in [0.15, 0.2) is 0 Å². The number of nitrogens with zero attached hydrogens (tertiary/aromatic N) is 2. The maximum absolute atomic E-state index is 13.1. The van der Waals surface area contributed by atoms with Crippen molar-refractivity contribution in [1.82, 2.24) is 9.88 Å². The van der Waals surface area contributed by atoms with Crippen LogP contribution >= 0.6 is 11.3 Å². The molecule has 1 atom stereocenters. The lowest BCUT2D eigenvalue weighted by molar-refractivity contribution is 0.0670. The molecule has 1 aromatic carbocycles. The molecule has 0 fully saturated rings. The van der Waals surface area contributed by atoms with E-state index in [0.717, 1.165) is 33.6 Å². The Morgan fingerprint density at radius 1 is 1.20 bits per heavy atom. The summed E-state index contributed by atoms with van der Waals surface area (Å²) in [5, 5.41) is 2.07. The van der Waals surface area contributed by atoms with Gasteiger partial charge in [0.2, 0.25) is 0 Å². The van der Waals surface area contributed by atoms with E-state index >= 15 is 0 Å². The van der Waals surface area contributed by atoms with Crippen LogP contribution in [0.4, 0.5) is 0 Å². The standard InChI is InChI=1S/C20H19N3OS/c21-11-18(14-5-2-1-3-6-14)23-10-8-16-17(13-25-19(16)20(23)24)15-7-4-9-22-12-15/h1-7,9,12-13,18H,8,10-11,21H2/t18-/m0/s1. The number of aromatic nitrogens is 1. The maximum Gasteiger partial charge on any atom is 0.264 e. The van der Waals surface area contributed by atoms with E-state index < -0.39 is 0 Å². The molecule has 0 aliphatic carbocycles. The molecule has 0 bridgehead atoms. The van der Waals surface area contributed by atoms with Gasteiger partial charge < -0.3 is 10.6 Å². The molecule has 3 heterocycles. The largest absolute Gasteiger partial charge is 0.329 e. The van der Waals surface area contributed by atoms with Crippen molar-refractivity contribution in [2.75, 3.05) is 13.1 Å². The normalized spacial score (nSPS) is 15.1. The van der Waals surface area contributed by atoms with Crippen LogP contribution in [0.15, 0.2) is 60.2 Å².